The molecule has 0 spiro atoms. The fourth-order valence-corrected chi connectivity index (χ4v) is 4.22. The predicted molar refractivity (Wildman–Crippen MR) is 85.7 cm³/mol. The lowest BCUT2D eigenvalue weighted by molar-refractivity contribution is 0.0698. The molecule has 0 atom stereocenters. The van der Waals surface area contributed by atoms with Crippen LogP contribution >= 0.6 is 0 Å². The molecule has 9 heteroatoms. The van der Waals surface area contributed by atoms with Crippen LogP contribution in [0.1, 0.15) is 15.9 Å². The van der Waals surface area contributed by atoms with Crippen LogP contribution in [-0.4, -0.2) is 49.5 Å². The third-order valence-corrected chi connectivity index (χ3v) is 5.66. The molecule has 0 aliphatic carbocycles. The molecule has 0 amide bonds. The van der Waals surface area contributed by atoms with Gasteiger partial charge in [0.25, 0.3) is 10.0 Å². The minimum atomic E-state index is -3.87. The van der Waals surface area contributed by atoms with E-state index >= 15 is 0 Å². The number of rotatable bonds is 6. The molecule has 1 aliphatic rings. The smallest absolute Gasteiger partial charge is 0.337 e. The quantitative estimate of drug-likeness (QED) is 0.832. The van der Waals surface area contributed by atoms with E-state index in [2.05, 4.69) is 5.10 Å². The van der Waals surface area contributed by atoms with Crippen LogP contribution in [0.4, 0.5) is 5.69 Å². The van der Waals surface area contributed by atoms with E-state index in [9.17, 15) is 18.3 Å². The molecule has 24 heavy (non-hydrogen) atoms. The highest BCUT2D eigenvalue weighted by atomic mass is 32.2. The summed E-state index contributed by atoms with van der Waals surface area (Å²) in [5.41, 5.74) is 0.945. The average molecular weight is 351 g/mol. The first-order valence-electron chi connectivity index (χ1n) is 7.34. The van der Waals surface area contributed by atoms with Gasteiger partial charge in [0, 0.05) is 19.9 Å². The number of carboxylic acid groups (broad SMARTS) is 1. The topological polar surface area (TPSA) is 102 Å². The summed E-state index contributed by atoms with van der Waals surface area (Å²) in [6, 6.07) is 4.79. The lowest BCUT2D eigenvalue weighted by Gasteiger charge is -2.20. The molecule has 1 N–H and O–H groups in total. The maximum Gasteiger partial charge on any atom is 0.337 e. The van der Waals surface area contributed by atoms with E-state index in [0.717, 1.165) is 4.31 Å². The van der Waals surface area contributed by atoms with Crippen molar-refractivity contribution in [3.8, 4) is 0 Å². The Bertz CT molecular complexity index is 875. The number of carbonyl (C=O) groups is 1. The minimum Gasteiger partial charge on any atom is -0.478 e. The van der Waals surface area contributed by atoms with Crippen LogP contribution in [0.15, 0.2) is 35.5 Å². The summed E-state index contributed by atoms with van der Waals surface area (Å²) < 4.78 is 33.4. The van der Waals surface area contributed by atoms with E-state index in [1.807, 2.05) is 0 Å². The Morgan fingerprint density at radius 1 is 1.42 bits per heavy atom. The second-order valence-electron chi connectivity index (χ2n) is 5.38. The predicted octanol–water partition coefficient (Wildman–Crippen LogP) is 0.979. The summed E-state index contributed by atoms with van der Waals surface area (Å²) in [6.07, 6.45) is 3.18. The van der Waals surface area contributed by atoms with Crippen molar-refractivity contribution in [2.24, 2.45) is 0 Å². The van der Waals surface area contributed by atoms with E-state index < -0.39 is 16.0 Å². The van der Waals surface area contributed by atoms with Crippen LogP contribution in [0.5, 0.6) is 0 Å². The van der Waals surface area contributed by atoms with Gasteiger partial charge in [-0.05, 0) is 18.1 Å². The number of carboxylic acids is 1. The Labute approximate surface area is 139 Å². The van der Waals surface area contributed by atoms with Crippen molar-refractivity contribution in [3.63, 3.8) is 0 Å². The van der Waals surface area contributed by atoms with Crippen molar-refractivity contribution in [1.29, 1.82) is 0 Å². The van der Waals surface area contributed by atoms with Crippen molar-refractivity contribution in [2.45, 2.75) is 17.9 Å². The standard InChI is InChI=1S/C15H17N3O5S/c1-23-8-7-17-10-12(9-16-17)24(21,22)18-6-5-11-3-2-4-13(14(11)18)15(19)20/h2-4,9-10H,5-8H2,1H3,(H,19,20). The molecule has 0 fully saturated rings. The molecule has 3 rings (SSSR count). The Kier molecular flexibility index (Phi) is 4.29. The van der Waals surface area contributed by atoms with Crippen LogP contribution in [0, 0.1) is 0 Å². The highest BCUT2D eigenvalue weighted by molar-refractivity contribution is 7.92. The van der Waals surface area contributed by atoms with Crippen molar-refractivity contribution in [3.05, 3.63) is 41.7 Å². The van der Waals surface area contributed by atoms with Gasteiger partial charge in [-0.15, -0.1) is 0 Å². The Hall–Kier alpha value is -2.39. The van der Waals surface area contributed by atoms with E-state index in [1.165, 1.54) is 23.1 Å². The molecule has 2 aromatic rings. The second kappa shape index (κ2) is 6.25. The van der Waals surface area contributed by atoms with Gasteiger partial charge in [0.15, 0.2) is 0 Å². The van der Waals surface area contributed by atoms with Crippen LogP contribution in [0.2, 0.25) is 0 Å². The number of benzene rings is 1. The van der Waals surface area contributed by atoms with Gasteiger partial charge < -0.3 is 9.84 Å². The van der Waals surface area contributed by atoms with E-state index in [-0.39, 0.29) is 22.7 Å². The molecular weight excluding hydrogens is 334 g/mol. The number of para-hydroxylation sites is 1. The monoisotopic (exact) mass is 351 g/mol. The number of hydrogen-bond acceptors (Lipinski definition) is 5. The molecular formula is C15H17N3O5S. The van der Waals surface area contributed by atoms with Gasteiger partial charge in [0.2, 0.25) is 0 Å². The molecule has 0 radical (unpaired) electrons. The Balaban J connectivity index is 1.99. The zero-order chi connectivity index (χ0) is 17.3. The molecule has 128 valence electrons. The first-order chi connectivity index (χ1) is 11.4. The molecule has 1 aliphatic heterocycles. The minimum absolute atomic E-state index is 0.0136. The summed E-state index contributed by atoms with van der Waals surface area (Å²) in [5.74, 6) is -1.15. The van der Waals surface area contributed by atoms with Crippen molar-refractivity contribution < 1.29 is 23.1 Å². The number of aromatic carboxylic acids is 1. The summed E-state index contributed by atoms with van der Waals surface area (Å²) in [5, 5.41) is 13.4. The number of ether oxygens (including phenoxy) is 1. The maximum atomic E-state index is 12.9. The molecule has 1 aromatic heterocycles. The molecule has 1 aromatic carbocycles. The summed E-state index contributed by atoms with van der Waals surface area (Å²) in [4.78, 5) is 11.5. The number of nitrogens with zero attached hydrogens (tertiary/aromatic N) is 3. The van der Waals surface area contributed by atoms with Gasteiger partial charge in [0.05, 0.1) is 30.6 Å². The average Bonchev–Trinajstić information content (AvgIpc) is 3.19. The molecule has 0 unspecified atom stereocenters. The van der Waals surface area contributed by atoms with Gasteiger partial charge in [-0.3, -0.25) is 8.99 Å². The molecule has 0 bridgehead atoms. The molecule has 0 saturated carbocycles. The fourth-order valence-electron chi connectivity index (χ4n) is 2.75. The van der Waals surface area contributed by atoms with E-state index in [1.54, 1.807) is 19.2 Å². The number of sulfonamides is 1. The summed E-state index contributed by atoms with van der Waals surface area (Å²) >= 11 is 0. The van der Waals surface area contributed by atoms with E-state index in [4.69, 9.17) is 4.74 Å². The fraction of sp³-hybridized carbons (Fsp3) is 0.333. The van der Waals surface area contributed by atoms with Crippen LogP contribution in [0.3, 0.4) is 0 Å². The molecule has 2 heterocycles. The zero-order valence-corrected chi connectivity index (χ0v) is 13.9. The molecule has 0 saturated heterocycles. The number of hydrogen-bond donors (Lipinski definition) is 1. The molecule has 8 nitrogen and oxygen atoms in total. The Morgan fingerprint density at radius 2 is 2.21 bits per heavy atom. The summed E-state index contributed by atoms with van der Waals surface area (Å²) in [6.45, 7) is 1.06. The van der Waals surface area contributed by atoms with E-state index in [0.29, 0.717) is 25.1 Å². The van der Waals surface area contributed by atoms with Crippen molar-refractivity contribution in [2.75, 3.05) is 24.6 Å². The van der Waals surface area contributed by atoms with Gasteiger partial charge in [-0.2, -0.15) is 5.10 Å². The highest BCUT2D eigenvalue weighted by Crippen LogP contribution is 2.35. The number of anilines is 1. The lowest BCUT2D eigenvalue weighted by Crippen LogP contribution is -2.30. The number of aromatic nitrogens is 2. The third-order valence-electron chi connectivity index (χ3n) is 3.91. The second-order valence-corrected chi connectivity index (χ2v) is 7.24. The lowest BCUT2D eigenvalue weighted by atomic mass is 10.1. The largest absolute Gasteiger partial charge is 0.478 e. The van der Waals surface area contributed by atoms with Crippen LogP contribution in [-0.2, 0) is 27.7 Å². The van der Waals surface area contributed by atoms with Gasteiger partial charge in [-0.25, -0.2) is 13.2 Å². The highest BCUT2D eigenvalue weighted by Gasteiger charge is 2.34. The number of methoxy groups -OCH3 is 1. The van der Waals surface area contributed by atoms with Crippen LogP contribution in [0.25, 0.3) is 0 Å². The Morgan fingerprint density at radius 3 is 2.92 bits per heavy atom. The van der Waals surface area contributed by atoms with Crippen LogP contribution < -0.4 is 4.31 Å². The SMILES string of the molecule is COCCn1cc(S(=O)(=O)N2CCc3cccc(C(=O)O)c32)cn1. The van der Waals surface area contributed by atoms with Gasteiger partial charge >= 0.3 is 5.97 Å². The zero-order valence-electron chi connectivity index (χ0n) is 13.0. The maximum absolute atomic E-state index is 12.9. The van der Waals surface area contributed by atoms with Crippen molar-refractivity contribution >= 4 is 21.7 Å². The van der Waals surface area contributed by atoms with Gasteiger partial charge in [-0.1, -0.05) is 12.1 Å². The number of fused-ring (bicyclic) bond motifs is 1. The first-order valence-corrected chi connectivity index (χ1v) is 8.78. The third kappa shape index (κ3) is 2.76. The van der Waals surface area contributed by atoms with Gasteiger partial charge in [0.1, 0.15) is 4.90 Å². The summed E-state index contributed by atoms with van der Waals surface area (Å²) in [7, 11) is -2.32. The first kappa shape index (κ1) is 16.5. The normalized spacial score (nSPS) is 14.0. The van der Waals surface area contributed by atoms with Crippen molar-refractivity contribution in [1.82, 2.24) is 9.78 Å².